The SMILES string of the molecule is CCCC(=O)SC[C@@H](CC(C)C)NC(=O)c1cc(C)c2nc(CCC)n(Cc3ccc(-c4ccccc4C(=O)O)cc3)c2c1. The van der Waals surface area contributed by atoms with Gasteiger partial charge >= 0.3 is 5.97 Å². The number of benzene rings is 3. The Kier molecular flexibility index (Phi) is 11.4. The van der Waals surface area contributed by atoms with Crippen LogP contribution in [0.3, 0.4) is 0 Å². The van der Waals surface area contributed by atoms with Gasteiger partial charge in [-0.15, -0.1) is 0 Å². The van der Waals surface area contributed by atoms with E-state index in [0.717, 1.165) is 59.2 Å². The number of nitrogens with one attached hydrogen (secondary N) is 1. The number of aromatic carboxylic acids is 1. The number of aryl methyl sites for hydroxylation is 2. The monoisotopic (exact) mass is 613 g/mol. The van der Waals surface area contributed by atoms with E-state index in [2.05, 4.69) is 30.7 Å². The third-order valence-electron chi connectivity index (χ3n) is 7.61. The highest BCUT2D eigenvalue weighted by Gasteiger charge is 2.20. The van der Waals surface area contributed by atoms with Crippen molar-refractivity contribution in [1.82, 2.24) is 14.9 Å². The number of carboxylic acids is 1. The molecule has 0 spiro atoms. The highest BCUT2D eigenvalue weighted by molar-refractivity contribution is 8.13. The molecule has 1 atom stereocenters. The lowest BCUT2D eigenvalue weighted by Gasteiger charge is -2.20. The largest absolute Gasteiger partial charge is 0.478 e. The summed E-state index contributed by atoms with van der Waals surface area (Å²) < 4.78 is 2.19. The third-order valence-corrected chi connectivity index (χ3v) is 8.71. The van der Waals surface area contributed by atoms with Crippen LogP contribution in [0.2, 0.25) is 0 Å². The topological polar surface area (TPSA) is 101 Å². The van der Waals surface area contributed by atoms with Crippen LogP contribution < -0.4 is 5.32 Å². The number of thioether (sulfide) groups is 1. The molecule has 7 nitrogen and oxygen atoms in total. The third kappa shape index (κ3) is 8.17. The molecule has 3 aromatic carbocycles. The summed E-state index contributed by atoms with van der Waals surface area (Å²) in [7, 11) is 0. The van der Waals surface area contributed by atoms with Crippen LogP contribution in [0, 0.1) is 12.8 Å². The van der Waals surface area contributed by atoms with Gasteiger partial charge in [-0.3, -0.25) is 9.59 Å². The highest BCUT2D eigenvalue weighted by atomic mass is 32.2. The predicted octanol–water partition coefficient (Wildman–Crippen LogP) is 7.92. The molecule has 2 N–H and O–H groups in total. The number of hydrogen-bond donors (Lipinski definition) is 2. The van der Waals surface area contributed by atoms with Crippen molar-refractivity contribution >= 4 is 39.8 Å². The molecule has 0 bridgehead atoms. The Morgan fingerprint density at radius 3 is 2.39 bits per heavy atom. The van der Waals surface area contributed by atoms with Gasteiger partial charge in [0.25, 0.3) is 5.91 Å². The molecule has 4 aromatic rings. The maximum absolute atomic E-state index is 13.6. The molecular formula is C36H43N3O4S. The Bertz CT molecular complexity index is 1620. The van der Waals surface area contributed by atoms with Gasteiger partial charge in [-0.2, -0.15) is 0 Å². The number of hydrogen-bond acceptors (Lipinski definition) is 5. The fourth-order valence-corrected chi connectivity index (χ4v) is 6.49. The van der Waals surface area contributed by atoms with Crippen molar-refractivity contribution in [2.45, 2.75) is 79.3 Å². The van der Waals surface area contributed by atoms with Crippen molar-refractivity contribution in [1.29, 1.82) is 0 Å². The van der Waals surface area contributed by atoms with E-state index < -0.39 is 5.97 Å². The van der Waals surface area contributed by atoms with E-state index in [9.17, 15) is 19.5 Å². The molecule has 0 saturated carbocycles. The van der Waals surface area contributed by atoms with Gasteiger partial charge in [0, 0.05) is 36.7 Å². The van der Waals surface area contributed by atoms with Crippen LogP contribution in [0.1, 0.15) is 91.0 Å². The fourth-order valence-electron chi connectivity index (χ4n) is 5.53. The van der Waals surface area contributed by atoms with Gasteiger partial charge < -0.3 is 15.0 Å². The van der Waals surface area contributed by atoms with E-state index in [1.807, 2.05) is 62.4 Å². The van der Waals surface area contributed by atoms with E-state index in [1.54, 1.807) is 12.1 Å². The molecule has 1 aromatic heterocycles. The Balaban J connectivity index is 1.63. The number of carboxylic acid groups (broad SMARTS) is 1. The maximum Gasteiger partial charge on any atom is 0.336 e. The standard InChI is InChI=1S/C36H43N3O4S/c1-6-10-32-38-34-24(5)19-27(35(41)37-28(18-23(3)4)22-44-33(40)11-7-2)20-31(34)39(32)21-25-14-16-26(17-15-25)29-12-8-9-13-30(29)36(42)43/h8-9,12-17,19-20,23,28H,6-7,10-11,18,21-22H2,1-5H3,(H,37,41)(H,42,43)/t28-/m1/s1. The lowest BCUT2D eigenvalue weighted by molar-refractivity contribution is -0.111. The van der Waals surface area contributed by atoms with Crippen LogP contribution in [-0.2, 0) is 17.8 Å². The minimum atomic E-state index is -0.951. The molecule has 0 aliphatic rings. The van der Waals surface area contributed by atoms with Crippen molar-refractivity contribution in [2.75, 3.05) is 5.75 Å². The number of amides is 1. The second kappa shape index (κ2) is 15.2. The van der Waals surface area contributed by atoms with Crippen LogP contribution >= 0.6 is 11.8 Å². The minimum Gasteiger partial charge on any atom is -0.478 e. The van der Waals surface area contributed by atoms with Crippen molar-refractivity contribution < 1.29 is 19.5 Å². The Morgan fingerprint density at radius 1 is 1.00 bits per heavy atom. The zero-order chi connectivity index (χ0) is 31.8. The van der Waals surface area contributed by atoms with Gasteiger partial charge in [0.05, 0.1) is 16.6 Å². The number of imidazole rings is 1. The first-order chi connectivity index (χ1) is 21.1. The number of carbonyl (C=O) groups is 3. The second-order valence-electron chi connectivity index (χ2n) is 11.8. The Hall–Kier alpha value is -3.91. The summed E-state index contributed by atoms with van der Waals surface area (Å²) in [5, 5.41) is 13.0. The predicted molar refractivity (Wildman–Crippen MR) is 179 cm³/mol. The van der Waals surface area contributed by atoms with Crippen molar-refractivity contribution in [3.05, 3.63) is 88.7 Å². The molecule has 1 heterocycles. The van der Waals surface area contributed by atoms with Gasteiger partial charge in [-0.1, -0.05) is 81.9 Å². The molecule has 4 rings (SSSR count). The summed E-state index contributed by atoms with van der Waals surface area (Å²) in [6.07, 6.45) is 3.91. The maximum atomic E-state index is 13.6. The van der Waals surface area contributed by atoms with Gasteiger partial charge in [-0.25, -0.2) is 9.78 Å². The molecule has 0 fully saturated rings. The number of rotatable bonds is 14. The van der Waals surface area contributed by atoms with Crippen LogP contribution in [0.4, 0.5) is 0 Å². The van der Waals surface area contributed by atoms with E-state index in [1.165, 1.54) is 11.8 Å². The Labute approximate surface area is 264 Å². The highest BCUT2D eigenvalue weighted by Crippen LogP contribution is 2.27. The zero-order valence-electron chi connectivity index (χ0n) is 26.4. The van der Waals surface area contributed by atoms with Gasteiger partial charge in [0.15, 0.2) is 5.12 Å². The molecule has 1 amide bonds. The Morgan fingerprint density at radius 2 is 1.73 bits per heavy atom. The first-order valence-electron chi connectivity index (χ1n) is 15.5. The first-order valence-corrected chi connectivity index (χ1v) is 16.5. The smallest absolute Gasteiger partial charge is 0.336 e. The first kappa shape index (κ1) is 33.0. The molecule has 0 saturated heterocycles. The normalized spacial score (nSPS) is 12.0. The molecular weight excluding hydrogens is 570 g/mol. The summed E-state index contributed by atoms with van der Waals surface area (Å²) >= 11 is 1.31. The summed E-state index contributed by atoms with van der Waals surface area (Å²) in [6, 6.07) is 18.7. The summed E-state index contributed by atoms with van der Waals surface area (Å²) in [5.74, 6) is 0.819. The van der Waals surface area contributed by atoms with E-state index in [0.29, 0.717) is 35.8 Å². The number of fused-ring (bicyclic) bond motifs is 1. The molecule has 232 valence electrons. The van der Waals surface area contributed by atoms with E-state index in [4.69, 9.17) is 4.98 Å². The van der Waals surface area contributed by atoms with Crippen LogP contribution in [0.15, 0.2) is 60.7 Å². The summed E-state index contributed by atoms with van der Waals surface area (Å²) in [5.41, 5.74) is 6.17. The molecule has 0 aliphatic carbocycles. The van der Waals surface area contributed by atoms with Crippen LogP contribution in [0.5, 0.6) is 0 Å². The number of nitrogens with zero attached hydrogens (tertiary/aromatic N) is 2. The minimum absolute atomic E-state index is 0.102. The quantitative estimate of drug-likeness (QED) is 0.150. The van der Waals surface area contributed by atoms with Crippen molar-refractivity contribution in [2.24, 2.45) is 5.92 Å². The zero-order valence-corrected chi connectivity index (χ0v) is 27.2. The summed E-state index contributed by atoms with van der Waals surface area (Å²) in [4.78, 5) is 42.5. The van der Waals surface area contributed by atoms with Gasteiger partial charge in [0.2, 0.25) is 0 Å². The van der Waals surface area contributed by atoms with Crippen molar-refractivity contribution in [3.63, 3.8) is 0 Å². The van der Waals surface area contributed by atoms with E-state index in [-0.39, 0.29) is 22.6 Å². The molecule has 0 aliphatic heterocycles. The molecule has 0 unspecified atom stereocenters. The molecule has 8 heteroatoms. The van der Waals surface area contributed by atoms with Crippen molar-refractivity contribution in [3.8, 4) is 11.1 Å². The van der Waals surface area contributed by atoms with Crippen LogP contribution in [-0.4, -0.2) is 43.4 Å². The number of carbonyl (C=O) groups excluding carboxylic acids is 2. The molecule has 44 heavy (non-hydrogen) atoms. The average molecular weight is 614 g/mol. The van der Waals surface area contributed by atoms with Crippen LogP contribution in [0.25, 0.3) is 22.2 Å². The van der Waals surface area contributed by atoms with Gasteiger partial charge in [0.1, 0.15) is 5.82 Å². The second-order valence-corrected chi connectivity index (χ2v) is 12.9. The summed E-state index contributed by atoms with van der Waals surface area (Å²) in [6.45, 7) is 10.9. The lowest BCUT2D eigenvalue weighted by Crippen LogP contribution is -2.38. The number of aromatic nitrogens is 2. The fraction of sp³-hybridized carbons (Fsp3) is 0.389. The molecule has 0 radical (unpaired) electrons. The van der Waals surface area contributed by atoms with Gasteiger partial charge in [-0.05, 0) is 72.6 Å². The average Bonchev–Trinajstić information content (AvgIpc) is 3.33. The van der Waals surface area contributed by atoms with E-state index >= 15 is 0 Å². The lowest BCUT2D eigenvalue weighted by atomic mass is 9.98.